The van der Waals surface area contributed by atoms with Gasteiger partial charge >= 0.3 is 11.9 Å². The minimum atomic E-state index is -0.339. The highest BCUT2D eigenvalue weighted by Crippen LogP contribution is 2.62. The van der Waals surface area contributed by atoms with Gasteiger partial charge in [0.15, 0.2) is 11.5 Å². The lowest BCUT2D eigenvalue weighted by atomic mass is 9.55. The molecule has 0 aliphatic heterocycles. The Morgan fingerprint density at radius 2 is 1.76 bits per heavy atom. The first-order valence-corrected chi connectivity index (χ1v) is 12.5. The lowest BCUT2D eigenvalue weighted by Crippen LogP contribution is -2.45. The van der Waals surface area contributed by atoms with E-state index in [9.17, 15) is 9.59 Å². The molecule has 0 heterocycles. The van der Waals surface area contributed by atoms with Crippen LogP contribution < -0.4 is 9.47 Å². The van der Waals surface area contributed by atoms with E-state index in [1.54, 1.807) is 0 Å². The van der Waals surface area contributed by atoms with Crippen molar-refractivity contribution >= 4 is 11.9 Å². The Bertz CT molecular complexity index is 1080. The summed E-state index contributed by atoms with van der Waals surface area (Å²) >= 11 is 0. The Labute approximate surface area is 201 Å². The van der Waals surface area contributed by atoms with E-state index in [0.717, 1.165) is 44.1 Å². The van der Waals surface area contributed by atoms with Crippen molar-refractivity contribution in [3.63, 3.8) is 0 Å². The second kappa shape index (κ2) is 9.09. The fourth-order valence-electron chi connectivity index (χ4n) is 7.01. The van der Waals surface area contributed by atoms with Crippen molar-refractivity contribution in [3.8, 4) is 11.5 Å². The predicted molar refractivity (Wildman–Crippen MR) is 129 cm³/mol. The molecule has 5 atom stereocenters. The Kier molecular flexibility index (Phi) is 6.13. The topological polar surface area (TPSA) is 61.8 Å². The molecule has 2 saturated carbocycles. The van der Waals surface area contributed by atoms with Crippen LogP contribution in [0.15, 0.2) is 42.5 Å². The van der Waals surface area contributed by atoms with Crippen LogP contribution >= 0.6 is 0 Å². The molecule has 34 heavy (non-hydrogen) atoms. The van der Waals surface area contributed by atoms with E-state index in [-0.39, 0.29) is 23.5 Å². The van der Waals surface area contributed by atoms with Crippen LogP contribution in [0.5, 0.6) is 11.5 Å². The predicted octanol–water partition coefficient (Wildman–Crippen LogP) is 5.98. The fourth-order valence-corrected chi connectivity index (χ4v) is 7.01. The van der Waals surface area contributed by atoms with Gasteiger partial charge in [-0.1, -0.05) is 37.3 Å². The minimum absolute atomic E-state index is 0.0356. The number of fused-ring (bicyclic) bond motifs is 5. The molecule has 0 saturated heterocycles. The molecule has 2 aromatic carbocycles. The van der Waals surface area contributed by atoms with Gasteiger partial charge in [-0.25, -0.2) is 0 Å². The lowest BCUT2D eigenvalue weighted by molar-refractivity contribution is -0.154. The van der Waals surface area contributed by atoms with Gasteiger partial charge in [-0.2, -0.15) is 0 Å². The first-order valence-electron chi connectivity index (χ1n) is 12.5. The van der Waals surface area contributed by atoms with Gasteiger partial charge in [0.25, 0.3) is 0 Å². The highest BCUT2D eigenvalue weighted by atomic mass is 16.6. The molecular formula is C29H34O5. The number of aryl methyl sites for hydroxylation is 1. The molecule has 180 valence electrons. The monoisotopic (exact) mass is 462 g/mol. The maximum absolute atomic E-state index is 11.8. The van der Waals surface area contributed by atoms with Crippen molar-refractivity contribution in [3.05, 3.63) is 59.2 Å². The Hall–Kier alpha value is -2.82. The molecule has 0 amide bonds. The number of esters is 2. The number of benzene rings is 2. The number of rotatable bonds is 5. The summed E-state index contributed by atoms with van der Waals surface area (Å²) in [5.41, 5.74) is 3.74. The number of ether oxygens (including phenoxy) is 3. The van der Waals surface area contributed by atoms with E-state index >= 15 is 0 Å². The first kappa shape index (κ1) is 22.9. The molecule has 0 N–H and O–H groups in total. The molecular weight excluding hydrogens is 428 g/mol. The lowest BCUT2D eigenvalue weighted by Gasteiger charge is -2.50. The molecule has 3 aliphatic rings. The van der Waals surface area contributed by atoms with Gasteiger partial charge in [0, 0.05) is 19.3 Å². The summed E-state index contributed by atoms with van der Waals surface area (Å²) in [4.78, 5) is 23.5. The van der Waals surface area contributed by atoms with E-state index in [0.29, 0.717) is 35.9 Å². The first-order chi connectivity index (χ1) is 16.3. The molecule has 5 rings (SSSR count). The van der Waals surface area contributed by atoms with E-state index in [2.05, 4.69) is 13.0 Å². The molecule has 0 radical (unpaired) electrons. The molecule has 2 fully saturated rings. The molecule has 3 aliphatic carbocycles. The fraction of sp³-hybridized carbons (Fsp3) is 0.517. The van der Waals surface area contributed by atoms with Crippen LogP contribution in [0, 0.1) is 17.3 Å². The SMILES string of the molecule is CC(=O)Oc1cc2c(cc1OCc1ccccc1)[C@H]1CC[C@]3(C)[C@@H](OC(C)=O)CC[C@H]3[C@@H]1CC2. The average Bonchev–Trinajstić information content (AvgIpc) is 3.13. The normalized spacial score (nSPS) is 29.4. The van der Waals surface area contributed by atoms with Gasteiger partial charge in [-0.05, 0) is 85.1 Å². The highest BCUT2D eigenvalue weighted by Gasteiger charge is 2.56. The molecule has 0 unspecified atom stereocenters. The summed E-state index contributed by atoms with van der Waals surface area (Å²) in [5, 5.41) is 0. The summed E-state index contributed by atoms with van der Waals surface area (Å²) in [7, 11) is 0. The van der Waals surface area contributed by atoms with Gasteiger partial charge in [-0.3, -0.25) is 9.59 Å². The van der Waals surface area contributed by atoms with Crippen molar-refractivity contribution < 1.29 is 23.8 Å². The van der Waals surface area contributed by atoms with Gasteiger partial charge in [-0.15, -0.1) is 0 Å². The molecule has 0 spiro atoms. The zero-order valence-corrected chi connectivity index (χ0v) is 20.3. The summed E-state index contributed by atoms with van der Waals surface area (Å²) in [6.45, 7) is 5.71. The second-order valence-corrected chi connectivity index (χ2v) is 10.5. The van der Waals surface area contributed by atoms with Crippen molar-refractivity contribution in [2.45, 2.75) is 77.9 Å². The summed E-state index contributed by atoms with van der Waals surface area (Å²) in [5.74, 6) is 2.24. The average molecular weight is 463 g/mol. The van der Waals surface area contributed by atoms with Crippen molar-refractivity contribution in [1.82, 2.24) is 0 Å². The zero-order valence-electron chi connectivity index (χ0n) is 20.3. The number of carbonyl (C=O) groups is 2. The maximum Gasteiger partial charge on any atom is 0.308 e. The van der Waals surface area contributed by atoms with Crippen LogP contribution in [0.2, 0.25) is 0 Å². The maximum atomic E-state index is 11.8. The van der Waals surface area contributed by atoms with Crippen LogP contribution in [0.4, 0.5) is 0 Å². The molecule has 0 bridgehead atoms. The van der Waals surface area contributed by atoms with Crippen LogP contribution in [0.3, 0.4) is 0 Å². The van der Waals surface area contributed by atoms with E-state index in [4.69, 9.17) is 14.2 Å². The smallest absolute Gasteiger partial charge is 0.308 e. The molecule has 5 nitrogen and oxygen atoms in total. The zero-order chi connectivity index (χ0) is 23.9. The van der Waals surface area contributed by atoms with Crippen LogP contribution in [0.25, 0.3) is 0 Å². The number of hydrogen-bond acceptors (Lipinski definition) is 5. The van der Waals surface area contributed by atoms with Gasteiger partial charge in [0.05, 0.1) is 0 Å². The third-order valence-corrected chi connectivity index (χ3v) is 8.50. The minimum Gasteiger partial charge on any atom is -0.485 e. The van der Waals surface area contributed by atoms with Gasteiger partial charge in [0.1, 0.15) is 12.7 Å². The van der Waals surface area contributed by atoms with E-state index in [1.807, 2.05) is 36.4 Å². The number of hydrogen-bond donors (Lipinski definition) is 0. The summed E-state index contributed by atoms with van der Waals surface area (Å²) in [6.07, 6.45) is 6.34. The third-order valence-electron chi connectivity index (χ3n) is 8.50. The molecule has 2 aromatic rings. The van der Waals surface area contributed by atoms with Crippen LogP contribution in [-0.4, -0.2) is 18.0 Å². The summed E-state index contributed by atoms with van der Waals surface area (Å²) < 4.78 is 17.5. The van der Waals surface area contributed by atoms with E-state index in [1.165, 1.54) is 25.0 Å². The third kappa shape index (κ3) is 4.21. The Morgan fingerprint density at radius 3 is 2.50 bits per heavy atom. The van der Waals surface area contributed by atoms with Crippen LogP contribution in [-0.2, 0) is 27.4 Å². The van der Waals surface area contributed by atoms with Crippen molar-refractivity contribution in [2.24, 2.45) is 17.3 Å². The van der Waals surface area contributed by atoms with Crippen molar-refractivity contribution in [2.75, 3.05) is 0 Å². The molecule has 5 heteroatoms. The quantitative estimate of drug-likeness (QED) is 0.404. The highest BCUT2D eigenvalue weighted by molar-refractivity contribution is 5.71. The Balaban J connectivity index is 1.43. The van der Waals surface area contributed by atoms with Gasteiger partial charge in [0.2, 0.25) is 0 Å². The van der Waals surface area contributed by atoms with Crippen molar-refractivity contribution in [1.29, 1.82) is 0 Å². The van der Waals surface area contributed by atoms with E-state index < -0.39 is 0 Å². The standard InChI is InChI=1S/C29H34O5/c1-18(30)33-27-15-21-9-10-23-22(13-14-29(3)25(23)11-12-28(29)34-19(2)31)24(21)16-26(27)32-17-20-7-5-4-6-8-20/h4-8,15-16,22-23,25,28H,9-14,17H2,1-3H3/t22-,23+,25-,28-,29-/m0/s1. The van der Waals surface area contributed by atoms with Crippen LogP contribution in [0.1, 0.15) is 75.5 Å². The second-order valence-electron chi connectivity index (χ2n) is 10.5. The van der Waals surface area contributed by atoms with Gasteiger partial charge < -0.3 is 14.2 Å². The largest absolute Gasteiger partial charge is 0.485 e. The Morgan fingerprint density at radius 1 is 0.971 bits per heavy atom. The molecule has 0 aromatic heterocycles. The summed E-state index contributed by atoms with van der Waals surface area (Å²) in [6, 6.07) is 14.2. The number of carbonyl (C=O) groups excluding carboxylic acids is 2.